The van der Waals surface area contributed by atoms with Crippen molar-refractivity contribution < 1.29 is 9.84 Å². The van der Waals surface area contributed by atoms with E-state index in [1.165, 1.54) is 0 Å². The molecule has 21 heavy (non-hydrogen) atoms. The lowest BCUT2D eigenvalue weighted by atomic mass is 10.1. The Bertz CT molecular complexity index is 670. The van der Waals surface area contributed by atoms with Crippen molar-refractivity contribution in [3.63, 3.8) is 0 Å². The van der Waals surface area contributed by atoms with Crippen LogP contribution in [0.3, 0.4) is 0 Å². The summed E-state index contributed by atoms with van der Waals surface area (Å²) in [5.74, 6) is 6.32. The maximum absolute atomic E-state index is 9.24. The van der Waals surface area contributed by atoms with Gasteiger partial charge in [0.2, 0.25) is 0 Å². The van der Waals surface area contributed by atoms with Crippen molar-refractivity contribution in [2.24, 2.45) is 0 Å². The molecule has 0 aliphatic carbocycles. The van der Waals surface area contributed by atoms with E-state index in [0.29, 0.717) is 18.1 Å². The second-order valence-electron chi connectivity index (χ2n) is 4.35. The molecule has 0 amide bonds. The lowest BCUT2D eigenvalue weighted by molar-refractivity contribution is 0.253. The van der Waals surface area contributed by atoms with Crippen LogP contribution < -0.4 is 4.74 Å². The number of hydrogen-bond donors (Lipinski definition) is 1. The zero-order valence-electron chi connectivity index (χ0n) is 11.8. The Balaban J connectivity index is 2.44. The summed E-state index contributed by atoms with van der Waals surface area (Å²) in [7, 11) is 0. The molecule has 0 bridgehead atoms. The highest BCUT2D eigenvalue weighted by atomic mass is 16.5. The first-order valence-electron chi connectivity index (χ1n) is 6.54. The summed E-state index contributed by atoms with van der Waals surface area (Å²) < 4.78 is 5.64. The van der Waals surface area contributed by atoms with Crippen molar-refractivity contribution in [1.82, 2.24) is 9.97 Å². The zero-order chi connectivity index (χ0) is 15.1. The van der Waals surface area contributed by atoms with Gasteiger partial charge in [-0.3, -0.25) is 9.97 Å². The molecule has 1 aromatic carbocycles. The van der Waals surface area contributed by atoms with Gasteiger partial charge >= 0.3 is 0 Å². The summed E-state index contributed by atoms with van der Waals surface area (Å²) in [5.41, 5.74) is 2.29. The van der Waals surface area contributed by atoms with Gasteiger partial charge in [0.15, 0.2) is 0 Å². The second-order valence-corrected chi connectivity index (χ2v) is 4.35. The smallest absolute Gasteiger partial charge is 0.129 e. The molecule has 0 aliphatic rings. The second kappa shape index (κ2) is 7.22. The van der Waals surface area contributed by atoms with Gasteiger partial charge in [0.1, 0.15) is 18.5 Å². The summed E-state index contributed by atoms with van der Waals surface area (Å²) in [6.07, 6.45) is 5.93. The van der Waals surface area contributed by atoms with Gasteiger partial charge in [-0.1, -0.05) is 24.5 Å². The van der Waals surface area contributed by atoms with Gasteiger partial charge in [0, 0.05) is 23.5 Å². The molecule has 1 unspecified atom stereocenters. The van der Waals surface area contributed by atoms with E-state index >= 15 is 0 Å². The first-order chi connectivity index (χ1) is 10.2. The molecule has 106 valence electrons. The number of aliphatic hydroxyl groups excluding tert-OH is 1. The number of hydrogen-bond acceptors (Lipinski definition) is 4. The quantitative estimate of drug-likeness (QED) is 0.690. The average Bonchev–Trinajstić information content (AvgIpc) is 2.52. The molecule has 1 aromatic heterocycles. The summed E-state index contributed by atoms with van der Waals surface area (Å²) in [6.45, 7) is 5.67. The zero-order valence-corrected chi connectivity index (χ0v) is 11.8. The van der Waals surface area contributed by atoms with E-state index in [1.807, 2.05) is 18.2 Å². The van der Waals surface area contributed by atoms with E-state index in [1.54, 1.807) is 31.6 Å². The number of ether oxygens (including phenoxy) is 1. The van der Waals surface area contributed by atoms with Crippen LogP contribution in [0.2, 0.25) is 0 Å². The highest BCUT2D eigenvalue weighted by Crippen LogP contribution is 2.29. The Kier molecular flexibility index (Phi) is 5.08. The van der Waals surface area contributed by atoms with Crippen molar-refractivity contribution in [3.05, 3.63) is 55.0 Å². The lowest BCUT2D eigenvalue weighted by Gasteiger charge is -2.10. The Morgan fingerprint density at radius 1 is 1.43 bits per heavy atom. The number of nitrogens with zero attached hydrogens (tertiary/aromatic N) is 2. The molecule has 4 heteroatoms. The molecule has 4 nitrogen and oxygen atoms in total. The molecule has 0 saturated carbocycles. The van der Waals surface area contributed by atoms with Gasteiger partial charge < -0.3 is 9.84 Å². The fourth-order valence-corrected chi connectivity index (χ4v) is 1.71. The summed E-state index contributed by atoms with van der Waals surface area (Å²) in [6, 6.07) is 5.55. The molecule has 0 saturated heterocycles. The van der Waals surface area contributed by atoms with Crippen molar-refractivity contribution >= 4 is 0 Å². The minimum absolute atomic E-state index is 0.409. The maximum atomic E-state index is 9.24. The van der Waals surface area contributed by atoms with Crippen LogP contribution in [-0.2, 0) is 0 Å². The predicted octanol–water partition coefficient (Wildman–Crippen LogP) is 2.44. The minimum Gasteiger partial charge on any atom is -0.489 e. The Morgan fingerprint density at radius 2 is 2.29 bits per heavy atom. The van der Waals surface area contributed by atoms with Crippen molar-refractivity contribution in [2.75, 3.05) is 6.61 Å². The summed E-state index contributed by atoms with van der Waals surface area (Å²) in [5, 5.41) is 9.24. The molecule has 0 spiro atoms. The number of aromatic nitrogens is 2. The highest BCUT2D eigenvalue weighted by Gasteiger charge is 2.08. The fraction of sp³-hybridized carbons (Fsp3) is 0.176. The van der Waals surface area contributed by atoms with Crippen LogP contribution in [0, 0.1) is 11.8 Å². The first-order valence-corrected chi connectivity index (χ1v) is 6.54. The lowest BCUT2D eigenvalue weighted by Crippen LogP contribution is -1.97. The topological polar surface area (TPSA) is 55.2 Å². The molecule has 0 fully saturated rings. The standard InChI is InChI=1S/C17H16N2O2/c1-3-10-21-17-7-6-14(5-4-13(2)20)11-15(17)16-12-18-8-9-19-16/h3,6-9,11-13,20H,1,10H2,2H3. The maximum Gasteiger partial charge on any atom is 0.129 e. The van der Waals surface area contributed by atoms with Gasteiger partial charge in [-0.15, -0.1) is 0 Å². The Hall–Kier alpha value is -2.64. The van der Waals surface area contributed by atoms with Crippen molar-refractivity contribution in [2.45, 2.75) is 13.0 Å². The van der Waals surface area contributed by atoms with Crippen LogP contribution in [0.1, 0.15) is 12.5 Å². The van der Waals surface area contributed by atoms with Gasteiger partial charge in [-0.25, -0.2) is 0 Å². The minimum atomic E-state index is -0.665. The molecule has 0 aliphatic heterocycles. The molecule has 2 aromatic rings. The summed E-state index contributed by atoms with van der Waals surface area (Å²) in [4.78, 5) is 8.36. The van der Waals surface area contributed by atoms with E-state index < -0.39 is 6.10 Å². The molecular weight excluding hydrogens is 264 g/mol. The van der Waals surface area contributed by atoms with Crippen LogP contribution in [-0.4, -0.2) is 27.8 Å². The van der Waals surface area contributed by atoms with Crippen LogP contribution in [0.15, 0.2) is 49.4 Å². The highest BCUT2D eigenvalue weighted by molar-refractivity contribution is 5.68. The van der Waals surface area contributed by atoms with Gasteiger partial charge in [0.05, 0.1) is 11.9 Å². The normalized spacial score (nSPS) is 11.1. The molecule has 1 N–H and O–H groups in total. The van der Waals surface area contributed by atoms with Crippen molar-refractivity contribution in [3.8, 4) is 28.8 Å². The Labute approximate surface area is 124 Å². The van der Waals surface area contributed by atoms with Crippen LogP contribution in [0.25, 0.3) is 11.3 Å². The predicted molar refractivity (Wildman–Crippen MR) is 81.7 cm³/mol. The molecule has 0 radical (unpaired) electrons. The monoisotopic (exact) mass is 280 g/mol. The third-order valence-corrected chi connectivity index (χ3v) is 2.60. The van der Waals surface area contributed by atoms with E-state index in [4.69, 9.17) is 4.74 Å². The van der Waals surface area contributed by atoms with Crippen LogP contribution in [0.5, 0.6) is 5.75 Å². The molecule has 1 atom stereocenters. The largest absolute Gasteiger partial charge is 0.489 e. The molecule has 1 heterocycles. The van der Waals surface area contributed by atoms with Gasteiger partial charge in [-0.05, 0) is 25.1 Å². The number of aliphatic hydroxyl groups is 1. The Morgan fingerprint density at radius 3 is 2.95 bits per heavy atom. The number of rotatable bonds is 4. The van der Waals surface area contributed by atoms with Crippen LogP contribution in [0.4, 0.5) is 0 Å². The van der Waals surface area contributed by atoms with Crippen molar-refractivity contribution in [1.29, 1.82) is 0 Å². The average molecular weight is 280 g/mol. The fourth-order valence-electron chi connectivity index (χ4n) is 1.71. The van der Waals surface area contributed by atoms with E-state index in [0.717, 1.165) is 11.1 Å². The van der Waals surface area contributed by atoms with E-state index in [9.17, 15) is 5.11 Å². The van der Waals surface area contributed by atoms with E-state index in [-0.39, 0.29) is 0 Å². The SMILES string of the molecule is C=CCOc1ccc(C#CC(C)O)cc1-c1cnccn1. The third kappa shape index (κ3) is 4.16. The van der Waals surface area contributed by atoms with Crippen LogP contribution >= 0.6 is 0 Å². The van der Waals surface area contributed by atoms with Gasteiger partial charge in [-0.2, -0.15) is 0 Å². The molecule has 2 rings (SSSR count). The third-order valence-electron chi connectivity index (χ3n) is 2.60. The number of benzene rings is 1. The first kappa shape index (κ1) is 14.8. The van der Waals surface area contributed by atoms with E-state index in [2.05, 4.69) is 28.4 Å². The molecular formula is C17H16N2O2. The van der Waals surface area contributed by atoms with Gasteiger partial charge in [0.25, 0.3) is 0 Å². The summed E-state index contributed by atoms with van der Waals surface area (Å²) >= 11 is 0.